The Morgan fingerprint density at radius 2 is 1.85 bits per heavy atom. The molecule has 0 bridgehead atoms. The van der Waals surface area contributed by atoms with E-state index in [0.717, 1.165) is 0 Å². The van der Waals surface area contributed by atoms with Crippen LogP contribution in [-0.4, -0.2) is 35.5 Å². The van der Waals surface area contributed by atoms with Gasteiger partial charge in [0, 0.05) is 18.5 Å². The smallest absolute Gasteiger partial charge is 0.278 e. The van der Waals surface area contributed by atoms with Gasteiger partial charge in [0.1, 0.15) is 0 Å². The Morgan fingerprint density at radius 1 is 1.19 bits per heavy atom. The van der Waals surface area contributed by atoms with Crippen molar-refractivity contribution in [3.8, 4) is 11.5 Å². The van der Waals surface area contributed by atoms with Gasteiger partial charge in [-0.25, -0.2) is 0 Å². The first-order valence-electron chi connectivity index (χ1n) is 8.05. The van der Waals surface area contributed by atoms with Crippen LogP contribution in [0.15, 0.2) is 36.4 Å². The second-order valence-corrected chi connectivity index (χ2v) is 6.27. The summed E-state index contributed by atoms with van der Waals surface area (Å²) in [6.45, 7) is -0.0951. The number of fused-ring (bicyclic) bond motifs is 2. The molecule has 1 amide bonds. The van der Waals surface area contributed by atoms with E-state index in [4.69, 9.17) is 9.47 Å². The van der Waals surface area contributed by atoms with Gasteiger partial charge in [-0.2, -0.15) is 0 Å². The maximum Gasteiger partial charge on any atom is 0.278 e. The highest BCUT2D eigenvalue weighted by Crippen LogP contribution is 2.48. The quantitative estimate of drug-likeness (QED) is 0.584. The molecule has 27 heavy (non-hydrogen) atoms. The van der Waals surface area contributed by atoms with E-state index in [-0.39, 0.29) is 40.7 Å². The van der Waals surface area contributed by atoms with Gasteiger partial charge in [-0.3, -0.25) is 14.9 Å². The second-order valence-electron chi connectivity index (χ2n) is 6.27. The maximum atomic E-state index is 12.8. The maximum absolute atomic E-state index is 12.8. The zero-order valence-corrected chi connectivity index (χ0v) is 14.1. The van der Waals surface area contributed by atoms with Crippen LogP contribution < -0.4 is 14.6 Å². The molecule has 0 saturated heterocycles. The molecule has 138 valence electrons. The lowest BCUT2D eigenvalue weighted by Crippen LogP contribution is -2.46. The Labute approximate surface area is 152 Å². The monoisotopic (exact) mass is 369 g/mol. The van der Waals surface area contributed by atoms with Gasteiger partial charge in [0.05, 0.1) is 28.6 Å². The number of hydrogen-bond acceptors (Lipinski definition) is 7. The van der Waals surface area contributed by atoms with Crippen molar-refractivity contribution in [2.75, 3.05) is 13.8 Å². The summed E-state index contributed by atoms with van der Waals surface area (Å²) in [5.41, 5.74) is 0.185. The van der Waals surface area contributed by atoms with Crippen LogP contribution in [0.2, 0.25) is 0 Å². The molecule has 9 nitrogen and oxygen atoms in total. The highest BCUT2D eigenvalue weighted by Gasteiger charge is 2.43. The van der Waals surface area contributed by atoms with Gasteiger partial charge in [-0.1, -0.05) is 18.2 Å². The van der Waals surface area contributed by atoms with E-state index < -0.39 is 28.8 Å². The first-order chi connectivity index (χ1) is 12.9. The van der Waals surface area contributed by atoms with Gasteiger partial charge in [0.15, 0.2) is 11.5 Å². The van der Waals surface area contributed by atoms with E-state index in [1.165, 1.54) is 36.2 Å². The fourth-order valence-corrected chi connectivity index (χ4v) is 3.66. The van der Waals surface area contributed by atoms with E-state index in [1.54, 1.807) is 12.1 Å². The molecule has 2 aromatic carbocycles. The molecule has 2 aliphatic heterocycles. The molecule has 0 fully saturated rings. The highest BCUT2D eigenvalue weighted by atomic mass is 16.7. The Bertz CT molecular complexity index is 988. The van der Waals surface area contributed by atoms with Gasteiger partial charge >= 0.3 is 0 Å². The molecule has 2 heterocycles. The zero-order valence-electron chi connectivity index (χ0n) is 14.1. The van der Waals surface area contributed by atoms with E-state index in [1.807, 2.05) is 0 Å². The number of benzene rings is 2. The van der Waals surface area contributed by atoms with E-state index >= 15 is 0 Å². The molecular weight excluding hydrogens is 356 g/mol. The third-order valence-corrected chi connectivity index (χ3v) is 4.87. The Morgan fingerprint density at radius 3 is 2.52 bits per heavy atom. The number of carbonyl (C=O) groups is 2. The molecule has 9 heteroatoms. The SMILES string of the molecule is CN1C(=O)c2ccccc2[C@H](C(=O)[O-])[C@H]1c1cc2c(cc1[N+](=O)[O-])OCO2. The number of rotatable bonds is 3. The number of ether oxygens (including phenoxy) is 2. The van der Waals surface area contributed by atoms with Gasteiger partial charge in [0.25, 0.3) is 11.6 Å². The molecule has 2 atom stereocenters. The minimum Gasteiger partial charge on any atom is -0.549 e. The largest absolute Gasteiger partial charge is 0.549 e. The van der Waals surface area contributed by atoms with E-state index in [0.29, 0.717) is 0 Å². The Hall–Kier alpha value is -3.62. The third kappa shape index (κ3) is 2.47. The van der Waals surface area contributed by atoms with Gasteiger partial charge in [-0.15, -0.1) is 0 Å². The number of likely N-dealkylation sites (N-methyl/N-ethyl adjacent to an activating group) is 1. The summed E-state index contributed by atoms with van der Waals surface area (Å²) in [5.74, 6) is -2.69. The summed E-state index contributed by atoms with van der Waals surface area (Å²) in [5, 5.41) is 23.6. The van der Waals surface area contributed by atoms with Crippen molar-refractivity contribution in [2.45, 2.75) is 12.0 Å². The molecule has 4 rings (SSSR count). The number of nitro benzene ring substituents is 1. The number of carbonyl (C=O) groups excluding carboxylic acids is 2. The molecule has 0 aromatic heterocycles. The summed E-state index contributed by atoms with van der Waals surface area (Å²) >= 11 is 0. The summed E-state index contributed by atoms with van der Waals surface area (Å²) in [4.78, 5) is 36.9. The lowest BCUT2D eigenvalue weighted by atomic mass is 9.79. The summed E-state index contributed by atoms with van der Waals surface area (Å²) < 4.78 is 10.5. The summed E-state index contributed by atoms with van der Waals surface area (Å²) in [7, 11) is 1.41. The lowest BCUT2D eigenvalue weighted by molar-refractivity contribution is -0.386. The molecular formula is C18H13N2O7-. The van der Waals surface area contributed by atoms with Crippen LogP contribution in [0.25, 0.3) is 0 Å². The number of aliphatic carboxylic acids is 1. The highest BCUT2D eigenvalue weighted by molar-refractivity contribution is 6.00. The molecule has 0 unspecified atom stereocenters. The van der Waals surface area contributed by atoms with Crippen LogP contribution in [0, 0.1) is 10.1 Å². The Balaban J connectivity index is 1.96. The summed E-state index contributed by atoms with van der Waals surface area (Å²) in [6.07, 6.45) is 0. The van der Waals surface area contributed by atoms with E-state index in [9.17, 15) is 24.8 Å². The minimum absolute atomic E-state index is 0.0452. The molecule has 2 aliphatic rings. The molecule has 0 spiro atoms. The molecule has 0 radical (unpaired) electrons. The molecule has 0 N–H and O–H groups in total. The van der Waals surface area contributed by atoms with Crippen molar-refractivity contribution in [1.82, 2.24) is 4.90 Å². The van der Waals surface area contributed by atoms with E-state index in [2.05, 4.69) is 0 Å². The first kappa shape index (κ1) is 16.8. The van der Waals surface area contributed by atoms with Gasteiger partial charge in [0.2, 0.25) is 6.79 Å². The van der Waals surface area contributed by atoms with Crippen LogP contribution in [0.5, 0.6) is 11.5 Å². The first-order valence-corrected chi connectivity index (χ1v) is 8.05. The second kappa shape index (κ2) is 5.97. The number of hydrogen-bond donors (Lipinski definition) is 0. The third-order valence-electron chi connectivity index (χ3n) is 4.87. The Kier molecular flexibility index (Phi) is 3.72. The lowest BCUT2D eigenvalue weighted by Gasteiger charge is -2.40. The van der Waals surface area contributed by atoms with Crippen LogP contribution in [0.1, 0.15) is 33.4 Å². The normalized spacial score (nSPS) is 20.3. The molecule has 0 saturated carbocycles. The van der Waals surface area contributed by atoms with Crippen molar-refractivity contribution in [3.05, 3.63) is 63.2 Å². The topological polar surface area (TPSA) is 122 Å². The summed E-state index contributed by atoms with van der Waals surface area (Å²) in [6, 6.07) is 7.69. The van der Waals surface area contributed by atoms with Gasteiger partial charge in [-0.05, 0) is 17.7 Å². The van der Waals surface area contributed by atoms with Crippen LogP contribution in [-0.2, 0) is 4.79 Å². The number of nitrogens with zero attached hydrogens (tertiary/aromatic N) is 2. The standard InChI is InChI=1S/C18H14N2O7/c1-19-16(11-6-13-14(27-8-26-13)7-12(11)20(24)25)15(18(22)23)9-4-2-3-5-10(9)17(19)21/h2-7,15-16H,8H2,1H3,(H,22,23)/p-1/t15-,16+/m0/s1. The fraction of sp³-hybridized carbons (Fsp3) is 0.222. The van der Waals surface area contributed by atoms with Crippen molar-refractivity contribution in [2.24, 2.45) is 0 Å². The minimum atomic E-state index is -1.43. The van der Waals surface area contributed by atoms with Crippen LogP contribution >= 0.6 is 0 Å². The average Bonchev–Trinajstić information content (AvgIpc) is 3.10. The van der Waals surface area contributed by atoms with Crippen LogP contribution in [0.3, 0.4) is 0 Å². The van der Waals surface area contributed by atoms with Crippen LogP contribution in [0.4, 0.5) is 5.69 Å². The average molecular weight is 369 g/mol. The number of carboxylic acids is 1. The fourth-order valence-electron chi connectivity index (χ4n) is 3.66. The van der Waals surface area contributed by atoms with Crippen molar-refractivity contribution in [1.29, 1.82) is 0 Å². The predicted octanol–water partition coefficient (Wildman–Crippen LogP) is 0.984. The number of amides is 1. The van der Waals surface area contributed by atoms with Gasteiger partial charge < -0.3 is 24.3 Å². The van der Waals surface area contributed by atoms with Crippen molar-refractivity contribution < 1.29 is 29.1 Å². The zero-order chi connectivity index (χ0) is 19.3. The van der Waals surface area contributed by atoms with Crippen molar-refractivity contribution >= 4 is 17.6 Å². The molecule has 2 aromatic rings. The van der Waals surface area contributed by atoms with Crippen molar-refractivity contribution in [3.63, 3.8) is 0 Å². The predicted molar refractivity (Wildman–Crippen MR) is 88.2 cm³/mol. The number of nitro groups is 1. The molecule has 0 aliphatic carbocycles. The number of carboxylic acid groups (broad SMARTS) is 1.